The van der Waals surface area contributed by atoms with E-state index in [1.165, 1.54) is 17.0 Å². The first kappa shape index (κ1) is 32.3. The maximum atomic E-state index is 14.8. The fourth-order valence-electron chi connectivity index (χ4n) is 4.97. The number of alkyl halides is 4. The summed E-state index contributed by atoms with van der Waals surface area (Å²) >= 11 is 6.61. The lowest BCUT2D eigenvalue weighted by Gasteiger charge is -2.42. The fourth-order valence-corrected chi connectivity index (χ4v) is 5.25. The number of hydrogen-bond acceptors (Lipinski definition) is 3. The van der Waals surface area contributed by atoms with Gasteiger partial charge in [-0.15, -0.1) is 12.4 Å². The smallest absolute Gasteiger partial charge is 0.425 e. The lowest BCUT2D eigenvalue weighted by Crippen LogP contribution is -2.54. The molecular formula is C31H33Cl2F3N2O3. The van der Waals surface area contributed by atoms with Gasteiger partial charge in [0.2, 0.25) is 5.00 Å². The van der Waals surface area contributed by atoms with Gasteiger partial charge in [0, 0.05) is 24.7 Å². The summed E-state index contributed by atoms with van der Waals surface area (Å²) in [6, 6.07) is 24.1. The summed E-state index contributed by atoms with van der Waals surface area (Å²) in [5.41, 5.74) is 1.58. The minimum atomic E-state index is -4.75. The maximum absolute atomic E-state index is 14.8. The van der Waals surface area contributed by atoms with Gasteiger partial charge in [-0.05, 0) is 48.6 Å². The molecule has 0 aliphatic heterocycles. The van der Waals surface area contributed by atoms with E-state index in [9.17, 15) is 23.1 Å². The predicted molar refractivity (Wildman–Crippen MR) is 158 cm³/mol. The molecule has 1 N–H and O–H groups in total. The lowest BCUT2D eigenvalue weighted by atomic mass is 9.97. The van der Waals surface area contributed by atoms with Crippen molar-refractivity contribution >= 4 is 40.9 Å². The molecular weight excluding hydrogens is 576 g/mol. The second kappa shape index (κ2) is 13.6. The highest BCUT2D eigenvalue weighted by Gasteiger charge is 2.58. The van der Waals surface area contributed by atoms with E-state index >= 15 is 0 Å². The number of aromatic nitrogens is 1. The topological polar surface area (TPSA) is 54.7 Å². The minimum absolute atomic E-state index is 0. The van der Waals surface area contributed by atoms with Crippen LogP contribution in [0.2, 0.25) is 0 Å². The Morgan fingerprint density at radius 1 is 0.976 bits per heavy atom. The van der Waals surface area contributed by atoms with E-state index in [1.807, 2.05) is 37.3 Å². The van der Waals surface area contributed by atoms with E-state index in [2.05, 4.69) is 0 Å². The van der Waals surface area contributed by atoms with Gasteiger partial charge in [0.25, 0.3) is 0 Å². The third kappa shape index (κ3) is 7.36. The molecule has 1 aromatic heterocycles. The molecule has 1 heterocycles. The van der Waals surface area contributed by atoms with E-state index in [1.54, 1.807) is 60.2 Å². The molecule has 0 spiro atoms. The molecule has 3 unspecified atom stereocenters. The highest BCUT2D eigenvalue weighted by molar-refractivity contribution is 6.24. The number of nitrogens with zero attached hydrogens (tertiary/aromatic N) is 2. The molecule has 3 atom stereocenters. The Morgan fingerprint density at radius 2 is 1.61 bits per heavy atom. The minimum Gasteiger partial charge on any atom is -0.490 e. The number of ether oxygens (including phenoxy) is 1. The van der Waals surface area contributed by atoms with Crippen molar-refractivity contribution in [1.82, 2.24) is 9.47 Å². The number of halogens is 5. The molecule has 0 aliphatic carbocycles. The summed E-state index contributed by atoms with van der Waals surface area (Å²) < 4.78 is 52.1. The number of aliphatic carboxylic acids is 1. The Labute approximate surface area is 248 Å². The van der Waals surface area contributed by atoms with Crippen LogP contribution in [-0.2, 0) is 16.3 Å². The molecule has 3 aromatic carbocycles. The van der Waals surface area contributed by atoms with E-state index in [-0.39, 0.29) is 49.9 Å². The number of carboxylic acids is 1. The number of carbonyl (C=O) groups is 1. The molecule has 10 heteroatoms. The summed E-state index contributed by atoms with van der Waals surface area (Å²) in [4.78, 5) is 9.76. The Bertz CT molecular complexity index is 1420. The van der Waals surface area contributed by atoms with Crippen LogP contribution in [0, 0.1) is 0 Å². The number of hydrogen-bond donors (Lipinski definition) is 1. The summed E-state index contributed by atoms with van der Waals surface area (Å²) in [5, 5.41) is 9.91. The van der Waals surface area contributed by atoms with Gasteiger partial charge in [0.1, 0.15) is 12.3 Å². The Kier molecular flexibility index (Phi) is 10.8. The number of benzene rings is 3. The summed E-state index contributed by atoms with van der Waals surface area (Å²) in [7, 11) is 0. The van der Waals surface area contributed by atoms with Crippen LogP contribution >= 0.6 is 24.0 Å². The van der Waals surface area contributed by atoms with Crippen LogP contribution in [0.15, 0.2) is 91.1 Å². The molecule has 0 bridgehead atoms. The zero-order chi connectivity index (χ0) is 28.9. The molecule has 4 aromatic rings. The van der Waals surface area contributed by atoms with Gasteiger partial charge in [-0.1, -0.05) is 85.3 Å². The highest BCUT2D eigenvalue weighted by Crippen LogP contribution is 2.48. The van der Waals surface area contributed by atoms with Crippen LogP contribution < -0.4 is 4.74 Å². The van der Waals surface area contributed by atoms with E-state index in [0.29, 0.717) is 11.3 Å². The Balaban J connectivity index is 0.00000462. The predicted octanol–water partition coefficient (Wildman–Crippen LogP) is 8.06. The molecule has 0 fully saturated rings. The SMILES string of the molecule is CC(CCN(CC(C)c1ccccc1)C(Cl)(c1ccccc1)C(F)(F)F)Oc1cccc2c1ccn2CC(=O)O.Cl. The largest absolute Gasteiger partial charge is 0.490 e. The lowest BCUT2D eigenvalue weighted by molar-refractivity contribution is -0.207. The van der Waals surface area contributed by atoms with Crippen molar-refractivity contribution < 1.29 is 27.8 Å². The van der Waals surface area contributed by atoms with Gasteiger partial charge < -0.3 is 14.4 Å². The molecule has 5 nitrogen and oxygen atoms in total. The van der Waals surface area contributed by atoms with Crippen LogP contribution in [0.25, 0.3) is 10.9 Å². The summed E-state index contributed by atoms with van der Waals surface area (Å²) in [6.07, 6.45) is -3.26. The maximum Gasteiger partial charge on any atom is 0.425 e. The van der Waals surface area contributed by atoms with Crippen LogP contribution in [-0.4, -0.2) is 45.9 Å². The normalized spacial score (nSPS) is 14.7. The van der Waals surface area contributed by atoms with E-state index in [0.717, 1.165) is 10.9 Å². The molecule has 4 rings (SSSR count). The first-order valence-corrected chi connectivity index (χ1v) is 13.5. The average molecular weight is 610 g/mol. The molecule has 41 heavy (non-hydrogen) atoms. The third-order valence-corrected chi connectivity index (χ3v) is 7.72. The summed E-state index contributed by atoms with van der Waals surface area (Å²) in [5.74, 6) is -0.645. The summed E-state index contributed by atoms with van der Waals surface area (Å²) in [6.45, 7) is 3.60. The first-order chi connectivity index (χ1) is 19.0. The third-order valence-electron chi connectivity index (χ3n) is 7.04. The van der Waals surface area contributed by atoms with Crippen LogP contribution in [0.1, 0.15) is 37.3 Å². The van der Waals surface area contributed by atoms with Gasteiger partial charge in [-0.2, -0.15) is 13.2 Å². The zero-order valence-electron chi connectivity index (χ0n) is 22.7. The number of rotatable bonds is 12. The van der Waals surface area contributed by atoms with Crippen LogP contribution in [0.3, 0.4) is 0 Å². The second-order valence-corrected chi connectivity index (χ2v) is 10.5. The van der Waals surface area contributed by atoms with Crippen molar-refractivity contribution in [3.05, 3.63) is 102 Å². The van der Waals surface area contributed by atoms with Crippen LogP contribution in [0.5, 0.6) is 5.75 Å². The zero-order valence-corrected chi connectivity index (χ0v) is 24.3. The van der Waals surface area contributed by atoms with Gasteiger partial charge >= 0.3 is 12.1 Å². The van der Waals surface area contributed by atoms with Crippen molar-refractivity contribution in [2.75, 3.05) is 13.1 Å². The van der Waals surface area contributed by atoms with Gasteiger partial charge in [-0.25, -0.2) is 0 Å². The molecule has 0 saturated heterocycles. The van der Waals surface area contributed by atoms with Gasteiger partial charge in [-0.3, -0.25) is 9.69 Å². The molecule has 0 saturated carbocycles. The van der Waals surface area contributed by atoms with Gasteiger partial charge in [0.15, 0.2) is 0 Å². The van der Waals surface area contributed by atoms with Crippen molar-refractivity contribution in [2.24, 2.45) is 0 Å². The molecule has 0 radical (unpaired) electrons. The Morgan fingerprint density at radius 3 is 2.22 bits per heavy atom. The molecule has 0 aliphatic rings. The second-order valence-electron chi connectivity index (χ2n) is 9.99. The van der Waals surface area contributed by atoms with E-state index < -0.39 is 23.2 Å². The monoisotopic (exact) mass is 608 g/mol. The van der Waals surface area contributed by atoms with E-state index in [4.69, 9.17) is 16.3 Å². The van der Waals surface area contributed by atoms with Crippen molar-refractivity contribution in [3.63, 3.8) is 0 Å². The van der Waals surface area contributed by atoms with Crippen molar-refractivity contribution in [1.29, 1.82) is 0 Å². The first-order valence-electron chi connectivity index (χ1n) is 13.1. The number of carboxylic acid groups (broad SMARTS) is 1. The highest BCUT2D eigenvalue weighted by atomic mass is 35.5. The van der Waals surface area contributed by atoms with Crippen molar-refractivity contribution in [2.45, 2.75) is 50.0 Å². The fraction of sp³-hybridized carbons (Fsp3) is 0.323. The van der Waals surface area contributed by atoms with Gasteiger partial charge in [0.05, 0.1) is 11.6 Å². The molecule has 0 amide bonds. The quantitative estimate of drug-likeness (QED) is 0.130. The Hall–Kier alpha value is -3.20. The molecule has 220 valence electrons. The van der Waals surface area contributed by atoms with Crippen molar-refractivity contribution in [3.8, 4) is 5.75 Å². The number of fused-ring (bicyclic) bond motifs is 1. The standard InChI is InChI=1S/C31H32ClF3N2O3.ClH/c1-22(24-10-5-3-6-11-24)20-37(30(32,31(33,34)35)25-12-7-4-8-13-25)19-16-23(2)40-28-15-9-14-27-26(28)17-18-36(27)21-29(38)39;/h3-15,17-18,22-23H,16,19-21H2,1-2H3,(H,38,39);1H. The average Bonchev–Trinajstić information content (AvgIpc) is 3.33. The van der Waals surface area contributed by atoms with Crippen LogP contribution in [0.4, 0.5) is 13.2 Å².